The quantitative estimate of drug-likeness (QED) is 0.0758. The highest BCUT2D eigenvalue weighted by Gasteiger charge is 2.38. The van der Waals surface area contributed by atoms with E-state index in [1.807, 2.05) is 0 Å². The first-order chi connectivity index (χ1) is 49.9. The Bertz CT molecular complexity index is 4690. The van der Waals surface area contributed by atoms with Crippen LogP contribution in [0.15, 0.2) is 127 Å². The molecule has 0 aliphatic carbocycles. The Morgan fingerprint density at radius 3 is 0.481 bits per heavy atom. The van der Waals surface area contributed by atoms with E-state index in [9.17, 15) is 0 Å². The number of nitrogens with zero attached hydrogens (tertiary/aromatic N) is 3. The Morgan fingerprint density at radius 1 is 0.198 bits per heavy atom. The van der Waals surface area contributed by atoms with Gasteiger partial charge in [-0.05, 0) is 133 Å². The molecule has 12 rings (SSSR count). The number of hydrogen-bond acceptors (Lipinski definition) is 3. The van der Waals surface area contributed by atoms with Gasteiger partial charge < -0.3 is 0 Å². The minimum atomic E-state index is -0.955. The first-order valence-electron chi connectivity index (χ1n) is 31.2. The minimum Gasteiger partial charge on any atom is -0.236 e. The fourth-order valence-corrected chi connectivity index (χ4v) is 22.3. The summed E-state index contributed by atoms with van der Waals surface area (Å²) in [6, 6.07) is 36.1. The van der Waals surface area contributed by atoms with Gasteiger partial charge in [0.1, 0.15) is 15.5 Å². The van der Waals surface area contributed by atoms with Gasteiger partial charge in [0.15, 0.2) is 0 Å². The molecular weight excluding hydrogens is 1840 g/mol. The average molecular weight is 1880 g/mol. The van der Waals surface area contributed by atoms with Gasteiger partial charge >= 0.3 is 0 Å². The average Bonchev–Trinajstić information content (AvgIpc) is 0.759. The van der Waals surface area contributed by atoms with Crippen LogP contribution in [0, 0.1) is 41.5 Å². The van der Waals surface area contributed by atoms with Crippen LogP contribution >= 0.6 is 278 Å². The second-order valence-electron chi connectivity index (χ2n) is 25.1. The lowest BCUT2D eigenvalue weighted by Gasteiger charge is -2.28. The molecule has 0 aliphatic rings. The summed E-state index contributed by atoms with van der Waals surface area (Å²) in [5.74, 6) is -2.86. The van der Waals surface area contributed by atoms with Gasteiger partial charge in [-0.15, -0.1) is 0 Å². The Morgan fingerprint density at radius 2 is 0.340 bits per heavy atom. The predicted octanol–water partition coefficient (Wildman–Crippen LogP) is 32.5. The van der Waals surface area contributed by atoms with Crippen LogP contribution < -0.4 is 16.4 Å². The van der Waals surface area contributed by atoms with Crippen molar-refractivity contribution in [2.75, 3.05) is 0 Å². The van der Waals surface area contributed by atoms with Crippen molar-refractivity contribution in [1.29, 1.82) is 0 Å². The van der Waals surface area contributed by atoms with Crippen LogP contribution in [-0.2, 0) is 0 Å². The zero-order chi connectivity index (χ0) is 77.0. The van der Waals surface area contributed by atoms with E-state index >= 15 is 0 Å². The monoisotopic (exact) mass is 1870 g/mol. The lowest BCUT2D eigenvalue weighted by Crippen LogP contribution is -2.57. The Kier molecular flexibility index (Phi) is 26.2. The van der Waals surface area contributed by atoms with Gasteiger partial charge in [-0.2, -0.15) is 0 Å². The predicted molar refractivity (Wildman–Crippen MR) is 464 cm³/mol. The molecule has 3 nitrogen and oxygen atoms in total. The Hall–Kier alpha value is -2.55. The first-order valence-corrected chi connectivity index (χ1v) is 40.3. The maximum atomic E-state index is 7.46. The smallest absolute Gasteiger partial charge is 0.236 e. The van der Waals surface area contributed by atoms with Crippen LogP contribution in [-0.4, -0.2) is 21.7 Å². The molecule has 3 heterocycles. The number of hydrogen-bond donors (Lipinski definition) is 0. The molecular formula is C78H42BCl24N3. The molecule has 0 saturated heterocycles. The lowest BCUT2D eigenvalue weighted by atomic mass is 9.33. The van der Waals surface area contributed by atoms with Crippen LogP contribution in [0.4, 0.5) is 0 Å². The van der Waals surface area contributed by atoms with Crippen molar-refractivity contribution in [3.8, 4) is 33.8 Å². The fraction of sp³-hybridized carbons (Fsp3) is 0.115. The van der Waals surface area contributed by atoms with Crippen LogP contribution in [0.5, 0.6) is 0 Å². The van der Waals surface area contributed by atoms with Crippen molar-refractivity contribution in [2.45, 2.75) is 59.3 Å². The van der Waals surface area contributed by atoms with Crippen molar-refractivity contribution in [3.05, 3.63) is 332 Å². The highest BCUT2D eigenvalue weighted by atomic mass is 35.5. The van der Waals surface area contributed by atoms with Crippen molar-refractivity contribution >= 4 is 302 Å². The summed E-state index contributed by atoms with van der Waals surface area (Å²) in [5, 5.41) is 4.80. The van der Waals surface area contributed by atoms with Crippen molar-refractivity contribution in [3.63, 3.8) is 0 Å². The molecule has 0 fully saturated rings. The van der Waals surface area contributed by atoms with Crippen molar-refractivity contribution in [2.24, 2.45) is 0 Å². The van der Waals surface area contributed by atoms with Gasteiger partial charge in [-0.3, -0.25) is 0 Å². The molecule has 12 aromatic rings. The van der Waals surface area contributed by atoms with Crippen LogP contribution in [0.1, 0.15) is 101 Å². The zero-order valence-electron chi connectivity index (χ0n) is 54.8. The molecule has 106 heavy (non-hydrogen) atoms. The summed E-state index contributed by atoms with van der Waals surface area (Å²) in [6.45, 7) is 11.8. The molecule has 9 aromatic carbocycles. The van der Waals surface area contributed by atoms with E-state index in [1.54, 1.807) is 91.0 Å². The number of pyridine rings is 3. The van der Waals surface area contributed by atoms with E-state index in [0.29, 0.717) is 114 Å². The third-order valence-electron chi connectivity index (χ3n) is 18.3. The molecule has 0 bridgehead atoms. The van der Waals surface area contributed by atoms with Crippen molar-refractivity contribution in [1.82, 2.24) is 15.0 Å². The summed E-state index contributed by atoms with van der Waals surface area (Å²) in [7, 11) is 0. The number of benzene rings is 9. The number of rotatable bonds is 15. The van der Waals surface area contributed by atoms with Gasteiger partial charge in [0.2, 0.25) is 6.71 Å². The number of halogens is 24. The summed E-state index contributed by atoms with van der Waals surface area (Å²) in [6.07, 6.45) is 0. The van der Waals surface area contributed by atoms with Gasteiger partial charge in [-0.25, -0.2) is 15.0 Å². The fourth-order valence-electron chi connectivity index (χ4n) is 14.1. The molecule has 3 aromatic heterocycles. The Balaban J connectivity index is 1.02. The van der Waals surface area contributed by atoms with E-state index in [1.165, 1.54) is 0 Å². The highest BCUT2D eigenvalue weighted by Crippen LogP contribution is 2.55. The molecule has 0 atom stereocenters. The van der Waals surface area contributed by atoms with Crippen LogP contribution in [0.2, 0.25) is 121 Å². The maximum Gasteiger partial charge on any atom is 0.243 e. The summed E-state index contributed by atoms with van der Waals surface area (Å²) in [5.41, 5.74) is 14.9. The largest absolute Gasteiger partial charge is 0.243 e. The molecule has 0 amide bonds. The molecule has 0 radical (unpaired) electrons. The second-order valence-corrected chi connectivity index (χ2v) is 34.9. The topological polar surface area (TPSA) is 38.7 Å². The SMILES string of the molecule is Cc1cc(-c2cc(Cl)c(C(c3c(Cl)cc(Cl)cc3Cl)c3c(Cl)cc(Cl)cc3Cl)c(Cl)n2)cc(C)c1B(c1c(C)cc(-c2cc(Cl)c(C(c3c(Cl)cc(Cl)cc3Cl)c3c(Cl)cc(Cl)cc3Cl)c(Cl)n2)cc1C)c1c(C)cc(-c2cc(Cl)c(C(c3c(Cl)cc(Cl)cc3Cl)c3c(Cl)cc(Cl)cc3Cl)c(Cl)n2)cc1C. The van der Waals surface area contributed by atoms with E-state index in [4.69, 9.17) is 293 Å². The normalized spacial score (nSPS) is 11.7. The van der Waals surface area contributed by atoms with Crippen LogP contribution in [0.3, 0.4) is 0 Å². The maximum absolute atomic E-state index is 7.46. The summed E-state index contributed by atoms with van der Waals surface area (Å²) in [4.78, 5) is 15.1. The molecule has 0 unspecified atom stereocenters. The van der Waals surface area contributed by atoms with E-state index < -0.39 is 24.5 Å². The van der Waals surface area contributed by atoms with Gasteiger partial charge in [0.25, 0.3) is 0 Å². The summed E-state index contributed by atoms with van der Waals surface area (Å²) < 4.78 is 0. The third kappa shape index (κ3) is 16.5. The molecule has 540 valence electrons. The Labute approximate surface area is 732 Å². The molecule has 0 N–H and O–H groups in total. The zero-order valence-corrected chi connectivity index (χ0v) is 73.0. The van der Waals surface area contributed by atoms with Gasteiger partial charge in [0, 0.05) is 190 Å². The minimum absolute atomic E-state index is 0.0149. The van der Waals surface area contributed by atoms with E-state index in [2.05, 4.69) is 77.9 Å². The van der Waals surface area contributed by atoms with Crippen molar-refractivity contribution < 1.29 is 0 Å². The van der Waals surface area contributed by atoms with E-state index in [-0.39, 0.29) is 90.8 Å². The third-order valence-corrected chi connectivity index (χ3v) is 25.1. The molecule has 0 saturated carbocycles. The van der Waals surface area contributed by atoms with Gasteiger partial charge in [-0.1, -0.05) is 365 Å². The van der Waals surface area contributed by atoms with Gasteiger partial charge in [0.05, 0.1) is 17.1 Å². The second kappa shape index (κ2) is 33.5. The number of aromatic nitrogens is 3. The summed E-state index contributed by atoms with van der Waals surface area (Å²) >= 11 is 167. The van der Waals surface area contributed by atoms with Crippen LogP contribution in [0.25, 0.3) is 33.8 Å². The standard InChI is InChI=1S/C78H42BCl24N3/c1-28-7-34(58-25-55(98)67(76(101)104-58)70(61-43(86)13-37(80)14-44(61)87)62-45(88)15-38(81)16-46(62)89)8-29(2)73(28)79(74-30(3)9-35(10-31(74)4)59-26-56(99)68(77(102)105-59)71(63-47(90)17-39(82)18-48(63)91)64-49(92)19-40(83)20-50(64)93)75-32(5)11-36(12-33(75)6)60-27-57(100)69(78(103)106-60)72(65-51(94)21-41(84)22-52(65)95)66-53(96)23-42(85)24-54(66)97/h7-27,70-72H,1-6H3. The first kappa shape index (κ1) is 82.9. The molecule has 28 heteroatoms. The lowest BCUT2D eigenvalue weighted by molar-refractivity contribution is 0.966. The van der Waals surface area contributed by atoms with E-state index in [0.717, 1.165) is 49.8 Å². The molecule has 0 aliphatic heterocycles. The molecule has 0 spiro atoms. The number of aryl methyl sites for hydroxylation is 6. The highest BCUT2D eigenvalue weighted by molar-refractivity contribution is 6.97.